The van der Waals surface area contributed by atoms with E-state index in [0.29, 0.717) is 42.5 Å². The van der Waals surface area contributed by atoms with Crippen molar-refractivity contribution in [2.45, 2.75) is 74.6 Å². The zero-order chi connectivity index (χ0) is 25.0. The fourth-order valence-corrected chi connectivity index (χ4v) is 3.16. The molecule has 0 heterocycles. The van der Waals surface area contributed by atoms with Crippen LogP contribution in [0, 0.1) is 22.7 Å². The number of benzene rings is 2. The minimum Gasteiger partial charge on any atom is -0.457 e. The Balaban J connectivity index is 0.00000265. The first-order valence-corrected chi connectivity index (χ1v) is 11.9. The van der Waals surface area contributed by atoms with Crippen LogP contribution in [-0.4, -0.2) is 24.8 Å². The Kier molecular flexibility index (Phi) is 12.2. The number of hydrogen-bond acceptors (Lipinski definition) is 5. The van der Waals surface area contributed by atoms with Gasteiger partial charge in [0.15, 0.2) is 6.29 Å². The average molecular weight is 453 g/mol. The van der Waals surface area contributed by atoms with Crippen LogP contribution in [0.3, 0.4) is 0 Å². The van der Waals surface area contributed by atoms with Crippen molar-refractivity contribution in [3.8, 4) is 17.6 Å². The van der Waals surface area contributed by atoms with E-state index >= 15 is 0 Å². The van der Waals surface area contributed by atoms with Gasteiger partial charge < -0.3 is 19.2 Å². The lowest BCUT2D eigenvalue weighted by molar-refractivity contribution is -0.134. The van der Waals surface area contributed by atoms with Gasteiger partial charge in [-0.05, 0) is 78.9 Å². The van der Waals surface area contributed by atoms with Crippen molar-refractivity contribution in [3.05, 3.63) is 53.6 Å². The normalized spacial score (nSPS) is 11.9. The maximum absolute atomic E-state index is 11.0. The first-order chi connectivity index (χ1) is 15.7. The highest BCUT2D eigenvalue weighted by Gasteiger charge is 2.30. The molecule has 5 nitrogen and oxygen atoms in total. The van der Waals surface area contributed by atoms with Crippen molar-refractivity contribution in [1.82, 2.24) is 0 Å². The third-order valence-corrected chi connectivity index (χ3v) is 5.85. The zero-order valence-corrected chi connectivity index (χ0v) is 21.5. The second-order valence-corrected chi connectivity index (χ2v) is 8.80. The van der Waals surface area contributed by atoms with Crippen LogP contribution < -0.4 is 10.2 Å². The standard InChI is InChI=1S/C25H34BNO4.C2H6/c1-7-29-19(4)30-16-21-14-23(31-22-10-8-20(15-27)9-11-22)12-13-24(21)26(28)17-25(5,6)18(2)3;1-2/h8-14,18-19,28H,7,16-17H2,1-6H3;1-2H3. The molecule has 2 aromatic carbocycles. The summed E-state index contributed by atoms with van der Waals surface area (Å²) in [6.07, 6.45) is 0.305. The Morgan fingerprint density at radius 1 is 1.00 bits per heavy atom. The van der Waals surface area contributed by atoms with E-state index in [9.17, 15) is 5.02 Å². The van der Waals surface area contributed by atoms with E-state index in [2.05, 4.69) is 33.8 Å². The topological polar surface area (TPSA) is 71.7 Å². The predicted octanol–water partition coefficient (Wildman–Crippen LogP) is 6.15. The summed E-state index contributed by atoms with van der Waals surface area (Å²) in [5.74, 6) is 1.73. The molecule has 6 heteroatoms. The van der Waals surface area contributed by atoms with E-state index in [-0.39, 0.29) is 11.7 Å². The fourth-order valence-electron chi connectivity index (χ4n) is 3.16. The third-order valence-electron chi connectivity index (χ3n) is 5.85. The highest BCUT2D eigenvalue weighted by atomic mass is 16.7. The van der Waals surface area contributed by atoms with E-state index in [1.165, 1.54) is 0 Å². The molecule has 33 heavy (non-hydrogen) atoms. The van der Waals surface area contributed by atoms with Crippen LogP contribution in [0.15, 0.2) is 42.5 Å². The molecule has 0 radical (unpaired) electrons. The molecule has 1 unspecified atom stereocenters. The second-order valence-electron chi connectivity index (χ2n) is 8.80. The lowest BCUT2D eigenvalue weighted by Crippen LogP contribution is -2.39. The van der Waals surface area contributed by atoms with Crippen molar-refractivity contribution < 1.29 is 19.2 Å². The van der Waals surface area contributed by atoms with Crippen LogP contribution in [-0.2, 0) is 16.1 Å². The number of nitrogens with zero attached hydrogens (tertiary/aromatic N) is 1. The first kappa shape index (κ1) is 28.7. The Labute approximate surface area is 200 Å². The molecule has 0 aliphatic carbocycles. The van der Waals surface area contributed by atoms with Gasteiger partial charge in [-0.2, -0.15) is 5.26 Å². The van der Waals surface area contributed by atoms with Crippen LogP contribution >= 0.6 is 0 Å². The molecule has 0 spiro atoms. The molecular formula is C27H40BNO4. The summed E-state index contributed by atoms with van der Waals surface area (Å²) >= 11 is 0. The van der Waals surface area contributed by atoms with E-state index in [1.807, 2.05) is 45.9 Å². The molecule has 0 aromatic heterocycles. The van der Waals surface area contributed by atoms with Gasteiger partial charge in [0.1, 0.15) is 11.5 Å². The van der Waals surface area contributed by atoms with Gasteiger partial charge in [0, 0.05) is 6.61 Å². The number of ether oxygens (including phenoxy) is 3. The minimum atomic E-state index is -0.609. The van der Waals surface area contributed by atoms with Gasteiger partial charge in [-0.25, -0.2) is 0 Å². The molecule has 0 aliphatic heterocycles. The minimum absolute atomic E-state index is 0.00613. The molecule has 0 saturated heterocycles. The van der Waals surface area contributed by atoms with Crippen LogP contribution in [0.2, 0.25) is 6.32 Å². The first-order valence-electron chi connectivity index (χ1n) is 11.9. The number of hydrogen-bond donors (Lipinski definition) is 1. The average Bonchev–Trinajstić information content (AvgIpc) is 2.79. The lowest BCUT2D eigenvalue weighted by Gasteiger charge is -2.31. The molecule has 0 saturated carbocycles. The van der Waals surface area contributed by atoms with Gasteiger partial charge in [-0.15, -0.1) is 0 Å². The highest BCUT2D eigenvalue weighted by molar-refractivity contribution is 6.66. The van der Waals surface area contributed by atoms with Gasteiger partial charge in [0.2, 0.25) is 0 Å². The van der Waals surface area contributed by atoms with Crippen molar-refractivity contribution >= 4 is 12.4 Å². The molecule has 1 atom stereocenters. The van der Waals surface area contributed by atoms with Gasteiger partial charge in [-0.3, -0.25) is 0 Å². The predicted molar refractivity (Wildman–Crippen MR) is 136 cm³/mol. The quantitative estimate of drug-likeness (QED) is 0.326. The zero-order valence-electron chi connectivity index (χ0n) is 21.5. The third kappa shape index (κ3) is 9.21. The van der Waals surface area contributed by atoms with Crippen molar-refractivity contribution in [3.63, 3.8) is 0 Å². The van der Waals surface area contributed by atoms with E-state index in [1.54, 1.807) is 24.3 Å². The molecule has 0 amide bonds. The van der Waals surface area contributed by atoms with E-state index in [0.717, 1.165) is 11.0 Å². The van der Waals surface area contributed by atoms with Crippen LogP contribution in [0.25, 0.3) is 0 Å². The molecule has 180 valence electrons. The molecule has 0 bridgehead atoms. The largest absolute Gasteiger partial charge is 0.457 e. The van der Waals surface area contributed by atoms with Crippen LogP contribution in [0.4, 0.5) is 0 Å². The Hall–Kier alpha value is -2.33. The van der Waals surface area contributed by atoms with Gasteiger partial charge in [0.05, 0.1) is 18.2 Å². The molecule has 2 aromatic rings. The van der Waals surface area contributed by atoms with Gasteiger partial charge >= 0.3 is 6.92 Å². The SMILES string of the molecule is CC.CCOC(C)OCc1cc(Oc2ccc(C#N)cc2)ccc1B(O)CC(C)(C)C(C)C. The fraction of sp³-hybridized carbons (Fsp3) is 0.519. The summed E-state index contributed by atoms with van der Waals surface area (Å²) in [5.41, 5.74) is 2.28. The van der Waals surface area contributed by atoms with Crippen molar-refractivity contribution in [1.29, 1.82) is 5.26 Å². The van der Waals surface area contributed by atoms with Crippen LogP contribution in [0.1, 0.15) is 66.5 Å². The number of rotatable bonds is 11. The van der Waals surface area contributed by atoms with Crippen molar-refractivity contribution in [2.75, 3.05) is 6.61 Å². The van der Waals surface area contributed by atoms with Crippen molar-refractivity contribution in [2.24, 2.45) is 11.3 Å². The molecule has 2 rings (SSSR count). The summed E-state index contributed by atoms with van der Waals surface area (Å²) < 4.78 is 17.3. The second kappa shape index (κ2) is 14.0. The molecule has 0 aliphatic rings. The molecule has 0 fully saturated rings. The lowest BCUT2D eigenvalue weighted by atomic mass is 9.50. The maximum atomic E-state index is 11.0. The summed E-state index contributed by atoms with van der Waals surface area (Å²) in [5, 5.41) is 20.0. The van der Waals surface area contributed by atoms with E-state index in [4.69, 9.17) is 19.5 Å². The molecular weight excluding hydrogens is 413 g/mol. The summed E-state index contributed by atoms with van der Waals surface area (Å²) in [6, 6.07) is 14.7. The number of nitriles is 1. The Bertz CT molecular complexity index is 875. The van der Waals surface area contributed by atoms with Crippen LogP contribution in [0.5, 0.6) is 11.5 Å². The highest BCUT2D eigenvalue weighted by Crippen LogP contribution is 2.32. The monoisotopic (exact) mass is 453 g/mol. The molecule has 1 N–H and O–H groups in total. The van der Waals surface area contributed by atoms with E-state index < -0.39 is 6.92 Å². The summed E-state index contributed by atoms with van der Waals surface area (Å²) in [4.78, 5) is 0. The summed E-state index contributed by atoms with van der Waals surface area (Å²) in [6.45, 7) is 16.8. The summed E-state index contributed by atoms with van der Waals surface area (Å²) in [7, 11) is 0. The Morgan fingerprint density at radius 2 is 1.61 bits per heavy atom. The maximum Gasteiger partial charge on any atom is 0.324 e. The van der Waals surface area contributed by atoms with Gasteiger partial charge in [0.25, 0.3) is 0 Å². The smallest absolute Gasteiger partial charge is 0.324 e. The Morgan fingerprint density at radius 3 is 2.15 bits per heavy atom. The van der Waals surface area contributed by atoms with Gasteiger partial charge in [-0.1, -0.05) is 47.6 Å².